The molecule has 0 aliphatic heterocycles. The lowest BCUT2D eigenvalue weighted by molar-refractivity contribution is 0.332. The van der Waals surface area contributed by atoms with Gasteiger partial charge in [-0.2, -0.15) is 0 Å². The van der Waals surface area contributed by atoms with E-state index < -0.39 is 0 Å². The fourth-order valence-corrected chi connectivity index (χ4v) is 9.67. The van der Waals surface area contributed by atoms with Gasteiger partial charge in [-0.1, -0.05) is 125 Å². The Morgan fingerprint density at radius 2 is 0.944 bits per heavy atom. The molecule has 0 spiro atoms. The average Bonchev–Trinajstić information content (AvgIpc) is 3.70. The van der Waals surface area contributed by atoms with Crippen LogP contribution in [0, 0.1) is 0 Å². The molecule has 260 valence electrons. The summed E-state index contributed by atoms with van der Waals surface area (Å²) in [6, 6.07) is 59.0. The molecule has 8 aromatic carbocycles. The third kappa shape index (κ3) is 4.53. The highest BCUT2D eigenvalue weighted by molar-refractivity contribution is 6.25. The Balaban J connectivity index is 1.27. The van der Waals surface area contributed by atoms with Crippen molar-refractivity contribution in [3.63, 3.8) is 0 Å². The molecule has 0 radical (unpaired) electrons. The van der Waals surface area contributed by atoms with Crippen molar-refractivity contribution in [3.8, 4) is 22.5 Å². The molecule has 2 aromatic heterocycles. The van der Waals surface area contributed by atoms with Crippen LogP contribution < -0.4 is 0 Å². The van der Waals surface area contributed by atoms with Crippen LogP contribution in [0.2, 0.25) is 0 Å². The van der Waals surface area contributed by atoms with E-state index in [1.807, 2.05) is 0 Å². The highest BCUT2D eigenvalue weighted by Gasteiger charge is 2.38. The molecule has 2 nitrogen and oxygen atoms in total. The van der Waals surface area contributed by atoms with Gasteiger partial charge in [0.15, 0.2) is 0 Å². The van der Waals surface area contributed by atoms with Gasteiger partial charge in [-0.05, 0) is 128 Å². The fourth-order valence-electron chi connectivity index (χ4n) is 9.67. The molecule has 0 saturated carbocycles. The number of fused-ring (bicyclic) bond motifs is 10. The van der Waals surface area contributed by atoms with Gasteiger partial charge in [-0.15, -0.1) is 0 Å². The van der Waals surface area contributed by atoms with E-state index in [1.165, 1.54) is 112 Å². The van der Waals surface area contributed by atoms with Crippen molar-refractivity contribution in [2.24, 2.45) is 0 Å². The minimum absolute atomic E-state index is 0.0985. The van der Waals surface area contributed by atoms with Gasteiger partial charge in [0.05, 0.1) is 22.1 Å². The molecule has 0 fully saturated rings. The SMILES string of the molecule is CC1(C)CCC(C)(C)c2cc3c(cc21)c1cc2c(cc1n3-c1ccc3cc(-c4ccccc4)ccc3c1)c1c3ccccc3ccc1n2-c1ccccc1. The van der Waals surface area contributed by atoms with Crippen LogP contribution >= 0.6 is 0 Å². The Morgan fingerprint density at radius 3 is 1.74 bits per heavy atom. The lowest BCUT2D eigenvalue weighted by atomic mass is 9.63. The Labute approximate surface area is 315 Å². The van der Waals surface area contributed by atoms with Crippen molar-refractivity contribution in [1.82, 2.24) is 9.13 Å². The second kappa shape index (κ2) is 11.2. The van der Waals surface area contributed by atoms with Gasteiger partial charge >= 0.3 is 0 Å². The van der Waals surface area contributed by atoms with Crippen molar-refractivity contribution in [3.05, 3.63) is 169 Å². The molecule has 0 bridgehead atoms. The summed E-state index contributed by atoms with van der Waals surface area (Å²) in [5, 5.41) is 10.2. The Bertz CT molecular complexity index is 3140. The van der Waals surface area contributed by atoms with Gasteiger partial charge < -0.3 is 9.13 Å². The summed E-state index contributed by atoms with van der Waals surface area (Å²) in [7, 11) is 0. The quantitative estimate of drug-likeness (QED) is 0.174. The van der Waals surface area contributed by atoms with Crippen molar-refractivity contribution in [2.45, 2.75) is 51.4 Å². The van der Waals surface area contributed by atoms with Gasteiger partial charge in [-0.3, -0.25) is 0 Å². The van der Waals surface area contributed by atoms with Gasteiger partial charge in [-0.25, -0.2) is 0 Å². The molecular formula is C52H42N2. The number of nitrogens with zero attached hydrogens (tertiary/aromatic N) is 2. The molecule has 2 heteroatoms. The lowest BCUT2D eigenvalue weighted by Gasteiger charge is -2.42. The predicted octanol–water partition coefficient (Wildman–Crippen LogP) is 14.2. The van der Waals surface area contributed by atoms with Crippen molar-refractivity contribution < 1.29 is 0 Å². The third-order valence-electron chi connectivity index (χ3n) is 12.7. The van der Waals surface area contributed by atoms with Crippen LogP contribution in [-0.4, -0.2) is 9.13 Å². The van der Waals surface area contributed by atoms with E-state index in [2.05, 4.69) is 195 Å². The Kier molecular flexibility index (Phi) is 6.51. The molecule has 10 aromatic rings. The van der Waals surface area contributed by atoms with E-state index in [0.29, 0.717) is 0 Å². The first-order chi connectivity index (χ1) is 26.2. The summed E-state index contributed by atoms with van der Waals surface area (Å²) in [5.41, 5.74) is 13.0. The number of hydrogen-bond acceptors (Lipinski definition) is 0. The smallest absolute Gasteiger partial charge is 0.0549 e. The first-order valence-electron chi connectivity index (χ1n) is 19.4. The molecule has 0 saturated heterocycles. The van der Waals surface area contributed by atoms with Crippen molar-refractivity contribution in [2.75, 3.05) is 0 Å². The minimum Gasteiger partial charge on any atom is -0.309 e. The summed E-state index contributed by atoms with van der Waals surface area (Å²) in [6.07, 6.45) is 2.37. The molecule has 0 unspecified atom stereocenters. The van der Waals surface area contributed by atoms with E-state index in [0.717, 1.165) is 0 Å². The van der Waals surface area contributed by atoms with Crippen LogP contribution in [-0.2, 0) is 10.8 Å². The van der Waals surface area contributed by atoms with Crippen molar-refractivity contribution >= 4 is 65.2 Å². The highest BCUT2D eigenvalue weighted by atomic mass is 15.0. The van der Waals surface area contributed by atoms with Crippen LogP contribution in [0.15, 0.2) is 158 Å². The van der Waals surface area contributed by atoms with Gasteiger partial charge in [0.25, 0.3) is 0 Å². The third-order valence-corrected chi connectivity index (χ3v) is 12.7. The maximum Gasteiger partial charge on any atom is 0.0549 e. The summed E-state index contributed by atoms with van der Waals surface area (Å²) in [6.45, 7) is 9.76. The molecule has 0 atom stereocenters. The zero-order valence-electron chi connectivity index (χ0n) is 31.3. The summed E-state index contributed by atoms with van der Waals surface area (Å²) < 4.78 is 5.04. The Morgan fingerprint density at radius 1 is 0.370 bits per heavy atom. The zero-order chi connectivity index (χ0) is 36.3. The molecular weight excluding hydrogens is 653 g/mol. The standard InChI is InChI=1S/C52H42N2/c1-51(2)25-26-52(3,4)45-32-49-41(29-44(45)51)42-30-48-43(50-40-18-12-11-15-34(40)22-24-46(50)53(48)38-16-9-6-10-17-38)31-47(42)54(49)39-23-21-36-27-35(19-20-37(36)28-39)33-13-7-5-8-14-33/h5-24,27-32H,25-26H2,1-4H3. The van der Waals surface area contributed by atoms with Crippen molar-refractivity contribution in [1.29, 1.82) is 0 Å². The average molecular weight is 695 g/mol. The normalized spacial score (nSPS) is 15.2. The van der Waals surface area contributed by atoms with Gasteiger partial charge in [0, 0.05) is 32.9 Å². The maximum absolute atomic E-state index is 2.56. The topological polar surface area (TPSA) is 9.86 Å². The van der Waals surface area contributed by atoms with E-state index in [-0.39, 0.29) is 10.8 Å². The van der Waals surface area contributed by atoms with Crippen LogP contribution in [0.25, 0.3) is 87.7 Å². The van der Waals surface area contributed by atoms with E-state index in [9.17, 15) is 0 Å². The minimum atomic E-state index is 0.0985. The number of rotatable bonds is 3. The van der Waals surface area contributed by atoms with Crippen LogP contribution in [0.4, 0.5) is 0 Å². The fraction of sp³-hybridized carbons (Fsp3) is 0.154. The molecule has 2 heterocycles. The molecule has 54 heavy (non-hydrogen) atoms. The maximum atomic E-state index is 2.56. The highest BCUT2D eigenvalue weighted by Crippen LogP contribution is 2.49. The lowest BCUT2D eigenvalue weighted by Crippen LogP contribution is -2.33. The number of para-hydroxylation sites is 1. The Hall–Kier alpha value is -6.12. The first-order valence-corrected chi connectivity index (χ1v) is 19.4. The molecule has 0 N–H and O–H groups in total. The molecule has 1 aliphatic rings. The summed E-state index contributed by atoms with van der Waals surface area (Å²) >= 11 is 0. The van der Waals surface area contributed by atoms with E-state index >= 15 is 0 Å². The second-order valence-corrected chi connectivity index (χ2v) is 16.9. The van der Waals surface area contributed by atoms with Gasteiger partial charge in [0.2, 0.25) is 0 Å². The monoisotopic (exact) mass is 694 g/mol. The molecule has 11 rings (SSSR count). The van der Waals surface area contributed by atoms with Crippen LogP contribution in [0.1, 0.15) is 51.7 Å². The number of hydrogen-bond donors (Lipinski definition) is 0. The van der Waals surface area contributed by atoms with Crippen LogP contribution in [0.3, 0.4) is 0 Å². The number of aromatic nitrogens is 2. The van der Waals surface area contributed by atoms with E-state index in [1.54, 1.807) is 0 Å². The van der Waals surface area contributed by atoms with Gasteiger partial charge in [0.1, 0.15) is 0 Å². The second-order valence-electron chi connectivity index (χ2n) is 16.9. The van der Waals surface area contributed by atoms with E-state index in [4.69, 9.17) is 0 Å². The summed E-state index contributed by atoms with van der Waals surface area (Å²) in [4.78, 5) is 0. The molecule has 1 aliphatic carbocycles. The first kappa shape index (κ1) is 31.4. The largest absolute Gasteiger partial charge is 0.309 e. The predicted molar refractivity (Wildman–Crippen MR) is 231 cm³/mol. The number of benzene rings is 8. The molecule has 0 amide bonds. The zero-order valence-corrected chi connectivity index (χ0v) is 31.3. The summed E-state index contributed by atoms with van der Waals surface area (Å²) in [5.74, 6) is 0. The van der Waals surface area contributed by atoms with Crippen LogP contribution in [0.5, 0.6) is 0 Å².